The number of aryl methyl sites for hydroxylation is 1. The predicted molar refractivity (Wildman–Crippen MR) is 79.7 cm³/mol. The van der Waals surface area contributed by atoms with E-state index in [2.05, 4.69) is 21.2 Å². The third kappa shape index (κ3) is 3.39. The SMILES string of the molecule is Cc1ccc(Br)c(C(=O)NCC2(CC(=O)O)CCC2)c1. The smallest absolute Gasteiger partial charge is 0.303 e. The van der Waals surface area contributed by atoms with Crippen molar-refractivity contribution in [2.24, 2.45) is 5.41 Å². The van der Waals surface area contributed by atoms with Crippen LogP contribution >= 0.6 is 15.9 Å². The van der Waals surface area contributed by atoms with E-state index < -0.39 is 5.97 Å². The maximum atomic E-state index is 12.2. The Kier molecular flexibility index (Phi) is 4.48. The molecule has 0 heterocycles. The van der Waals surface area contributed by atoms with E-state index in [4.69, 9.17) is 5.11 Å². The molecule has 0 aliphatic heterocycles. The Morgan fingerprint density at radius 1 is 1.40 bits per heavy atom. The maximum absolute atomic E-state index is 12.2. The molecule has 1 fully saturated rings. The van der Waals surface area contributed by atoms with Gasteiger partial charge in [-0.2, -0.15) is 0 Å². The summed E-state index contributed by atoms with van der Waals surface area (Å²) < 4.78 is 0.751. The van der Waals surface area contributed by atoms with Crippen molar-refractivity contribution in [3.8, 4) is 0 Å². The summed E-state index contributed by atoms with van der Waals surface area (Å²) >= 11 is 3.37. The molecular weight excluding hydrogens is 322 g/mol. The molecule has 1 aliphatic carbocycles. The third-order valence-corrected chi connectivity index (χ3v) is 4.62. The van der Waals surface area contributed by atoms with E-state index in [1.54, 1.807) is 0 Å². The molecule has 0 unspecified atom stereocenters. The first-order valence-electron chi connectivity index (χ1n) is 6.68. The Hall–Kier alpha value is -1.36. The molecule has 0 atom stereocenters. The second kappa shape index (κ2) is 5.95. The Bertz CT molecular complexity index is 538. The number of carbonyl (C=O) groups is 2. The van der Waals surface area contributed by atoms with Crippen LogP contribution < -0.4 is 5.32 Å². The second-order valence-electron chi connectivity index (χ2n) is 5.59. The standard InChI is InChI=1S/C15H18BrNO3/c1-10-3-4-12(16)11(7-10)14(20)17-9-15(5-2-6-15)8-13(18)19/h3-4,7H,2,5-6,8-9H2,1H3,(H,17,20)(H,18,19). The molecule has 1 saturated carbocycles. The molecule has 0 bridgehead atoms. The minimum Gasteiger partial charge on any atom is -0.481 e. The largest absolute Gasteiger partial charge is 0.481 e. The van der Waals surface area contributed by atoms with Crippen molar-refractivity contribution in [2.45, 2.75) is 32.6 Å². The molecular formula is C15H18BrNO3. The number of nitrogens with one attached hydrogen (secondary N) is 1. The van der Waals surface area contributed by atoms with Gasteiger partial charge in [-0.3, -0.25) is 9.59 Å². The average molecular weight is 340 g/mol. The van der Waals surface area contributed by atoms with Gasteiger partial charge in [-0.25, -0.2) is 0 Å². The number of aliphatic carboxylic acids is 1. The van der Waals surface area contributed by atoms with Crippen molar-refractivity contribution in [3.63, 3.8) is 0 Å². The van der Waals surface area contributed by atoms with Crippen LogP contribution in [-0.2, 0) is 4.79 Å². The number of rotatable bonds is 5. The molecule has 1 amide bonds. The van der Waals surface area contributed by atoms with E-state index in [1.165, 1.54) is 0 Å². The van der Waals surface area contributed by atoms with Gasteiger partial charge in [0.05, 0.1) is 12.0 Å². The van der Waals surface area contributed by atoms with Gasteiger partial charge in [0, 0.05) is 11.0 Å². The second-order valence-corrected chi connectivity index (χ2v) is 6.44. The molecule has 1 aromatic rings. The minimum atomic E-state index is -0.796. The van der Waals surface area contributed by atoms with Gasteiger partial charge in [0.15, 0.2) is 0 Å². The van der Waals surface area contributed by atoms with E-state index in [-0.39, 0.29) is 17.7 Å². The number of carbonyl (C=O) groups excluding carboxylic acids is 1. The van der Waals surface area contributed by atoms with Gasteiger partial charge >= 0.3 is 5.97 Å². The van der Waals surface area contributed by atoms with E-state index in [0.29, 0.717) is 12.1 Å². The van der Waals surface area contributed by atoms with Crippen LogP contribution in [0.25, 0.3) is 0 Å². The zero-order valence-electron chi connectivity index (χ0n) is 11.4. The van der Waals surface area contributed by atoms with Gasteiger partial charge in [-0.15, -0.1) is 0 Å². The average Bonchev–Trinajstić information content (AvgIpc) is 2.34. The molecule has 0 radical (unpaired) electrons. The minimum absolute atomic E-state index is 0.127. The van der Waals surface area contributed by atoms with Crippen LogP contribution in [0.5, 0.6) is 0 Å². The fourth-order valence-electron chi connectivity index (χ4n) is 2.59. The van der Waals surface area contributed by atoms with Crippen LogP contribution in [0.15, 0.2) is 22.7 Å². The highest BCUT2D eigenvalue weighted by Gasteiger charge is 2.39. The topological polar surface area (TPSA) is 66.4 Å². The lowest BCUT2D eigenvalue weighted by Crippen LogP contribution is -2.43. The number of hydrogen-bond acceptors (Lipinski definition) is 2. The van der Waals surface area contributed by atoms with Gasteiger partial charge in [0.25, 0.3) is 5.91 Å². The molecule has 108 valence electrons. The van der Waals surface area contributed by atoms with Crippen LogP contribution in [0.4, 0.5) is 0 Å². The summed E-state index contributed by atoms with van der Waals surface area (Å²) in [7, 11) is 0. The number of amides is 1. The first kappa shape index (κ1) is 15.0. The van der Waals surface area contributed by atoms with Gasteiger partial charge in [0.2, 0.25) is 0 Å². The molecule has 5 heteroatoms. The fourth-order valence-corrected chi connectivity index (χ4v) is 3.02. The zero-order chi connectivity index (χ0) is 14.8. The number of benzene rings is 1. The lowest BCUT2D eigenvalue weighted by molar-refractivity contribution is -0.141. The van der Waals surface area contributed by atoms with Crippen molar-refractivity contribution in [2.75, 3.05) is 6.54 Å². The van der Waals surface area contributed by atoms with Crippen molar-refractivity contribution in [1.29, 1.82) is 0 Å². The summed E-state index contributed by atoms with van der Waals surface area (Å²) in [6.07, 6.45) is 2.91. The highest BCUT2D eigenvalue weighted by atomic mass is 79.9. The molecule has 20 heavy (non-hydrogen) atoms. The summed E-state index contributed by atoms with van der Waals surface area (Å²) in [5.41, 5.74) is 1.36. The number of hydrogen-bond donors (Lipinski definition) is 2. The Morgan fingerprint density at radius 3 is 2.65 bits per heavy atom. The van der Waals surface area contributed by atoms with Crippen LogP contribution in [0, 0.1) is 12.3 Å². The highest BCUT2D eigenvalue weighted by molar-refractivity contribution is 9.10. The molecule has 0 saturated heterocycles. The van der Waals surface area contributed by atoms with E-state index in [1.807, 2.05) is 25.1 Å². The molecule has 0 spiro atoms. The molecule has 1 aromatic carbocycles. The molecule has 2 N–H and O–H groups in total. The van der Waals surface area contributed by atoms with Gasteiger partial charge in [-0.05, 0) is 53.2 Å². The van der Waals surface area contributed by atoms with E-state index in [0.717, 1.165) is 29.3 Å². The molecule has 1 aliphatic rings. The molecule has 4 nitrogen and oxygen atoms in total. The number of carboxylic acid groups (broad SMARTS) is 1. The zero-order valence-corrected chi connectivity index (χ0v) is 13.0. The first-order valence-corrected chi connectivity index (χ1v) is 7.47. The van der Waals surface area contributed by atoms with E-state index >= 15 is 0 Å². The fraction of sp³-hybridized carbons (Fsp3) is 0.467. The third-order valence-electron chi connectivity index (χ3n) is 3.93. The van der Waals surface area contributed by atoms with Crippen LogP contribution in [-0.4, -0.2) is 23.5 Å². The van der Waals surface area contributed by atoms with Crippen LogP contribution in [0.2, 0.25) is 0 Å². The lowest BCUT2D eigenvalue weighted by atomic mass is 9.66. The van der Waals surface area contributed by atoms with E-state index in [9.17, 15) is 9.59 Å². The summed E-state index contributed by atoms with van der Waals surface area (Å²) in [5, 5.41) is 11.8. The molecule has 2 rings (SSSR count). The quantitative estimate of drug-likeness (QED) is 0.865. The summed E-state index contributed by atoms with van der Waals surface area (Å²) in [4.78, 5) is 23.1. The van der Waals surface area contributed by atoms with Crippen LogP contribution in [0.3, 0.4) is 0 Å². The van der Waals surface area contributed by atoms with Gasteiger partial charge < -0.3 is 10.4 Å². The summed E-state index contributed by atoms with van der Waals surface area (Å²) in [6, 6.07) is 5.60. The summed E-state index contributed by atoms with van der Waals surface area (Å²) in [6.45, 7) is 2.36. The van der Waals surface area contributed by atoms with Crippen molar-refractivity contribution in [3.05, 3.63) is 33.8 Å². The highest BCUT2D eigenvalue weighted by Crippen LogP contribution is 2.43. The number of halogens is 1. The van der Waals surface area contributed by atoms with Crippen LogP contribution in [0.1, 0.15) is 41.6 Å². The summed E-state index contributed by atoms with van der Waals surface area (Å²) in [5.74, 6) is -0.951. The Balaban J connectivity index is 2.01. The Labute approximate surface area is 126 Å². The van der Waals surface area contributed by atoms with Crippen molar-refractivity contribution >= 4 is 27.8 Å². The predicted octanol–water partition coefficient (Wildman–Crippen LogP) is 3.13. The maximum Gasteiger partial charge on any atom is 0.303 e. The van der Waals surface area contributed by atoms with Gasteiger partial charge in [-0.1, -0.05) is 18.1 Å². The van der Waals surface area contributed by atoms with Crippen molar-refractivity contribution < 1.29 is 14.7 Å². The van der Waals surface area contributed by atoms with Gasteiger partial charge in [0.1, 0.15) is 0 Å². The Morgan fingerprint density at radius 2 is 2.10 bits per heavy atom. The lowest BCUT2D eigenvalue weighted by Gasteiger charge is -2.40. The monoisotopic (exact) mass is 339 g/mol. The first-order chi connectivity index (χ1) is 9.42. The normalized spacial score (nSPS) is 16.3. The van der Waals surface area contributed by atoms with Crippen molar-refractivity contribution in [1.82, 2.24) is 5.32 Å². The molecule has 0 aromatic heterocycles. The number of carboxylic acids is 1.